The number of piperazine rings is 1. The molecule has 0 spiro atoms. The molecule has 0 atom stereocenters. The van der Waals surface area contributed by atoms with Crippen molar-refractivity contribution in [3.8, 4) is 5.75 Å². The van der Waals surface area contributed by atoms with Crippen molar-refractivity contribution in [3.05, 3.63) is 60.2 Å². The zero-order valence-electron chi connectivity index (χ0n) is 14.7. The predicted molar refractivity (Wildman–Crippen MR) is 98.5 cm³/mol. The van der Waals surface area contributed by atoms with Crippen molar-refractivity contribution in [2.24, 2.45) is 0 Å². The third-order valence-corrected chi connectivity index (χ3v) is 6.36. The molecule has 26 heavy (non-hydrogen) atoms. The normalized spacial score (nSPS) is 15.7. The number of carbonyl (C=O) groups is 1. The van der Waals surface area contributed by atoms with Crippen molar-refractivity contribution in [2.45, 2.75) is 11.3 Å². The van der Waals surface area contributed by atoms with Gasteiger partial charge in [-0.2, -0.15) is 4.31 Å². The molecule has 1 amide bonds. The summed E-state index contributed by atoms with van der Waals surface area (Å²) >= 11 is 0. The molecule has 0 N–H and O–H groups in total. The Morgan fingerprint density at radius 1 is 1.00 bits per heavy atom. The van der Waals surface area contributed by atoms with Crippen LogP contribution in [-0.2, 0) is 21.2 Å². The molecule has 1 aliphatic rings. The Kier molecular flexibility index (Phi) is 5.58. The van der Waals surface area contributed by atoms with E-state index in [1.54, 1.807) is 23.1 Å². The van der Waals surface area contributed by atoms with Crippen LogP contribution < -0.4 is 4.74 Å². The number of rotatable bonds is 5. The SMILES string of the molecule is COc1cccc(S(=O)(=O)N2CCN(C(=O)Cc3ccccc3)CC2)c1. The molecule has 1 saturated heterocycles. The summed E-state index contributed by atoms with van der Waals surface area (Å²) in [5.74, 6) is 0.525. The van der Waals surface area contributed by atoms with Crippen LogP contribution in [0.2, 0.25) is 0 Å². The number of ether oxygens (including phenoxy) is 1. The van der Waals surface area contributed by atoms with Gasteiger partial charge in [0.15, 0.2) is 0 Å². The highest BCUT2D eigenvalue weighted by Crippen LogP contribution is 2.22. The van der Waals surface area contributed by atoms with Gasteiger partial charge >= 0.3 is 0 Å². The highest BCUT2D eigenvalue weighted by atomic mass is 32.2. The van der Waals surface area contributed by atoms with Gasteiger partial charge in [0, 0.05) is 32.2 Å². The van der Waals surface area contributed by atoms with Crippen LogP contribution in [0.5, 0.6) is 5.75 Å². The molecule has 2 aromatic rings. The van der Waals surface area contributed by atoms with Gasteiger partial charge in [-0.3, -0.25) is 4.79 Å². The van der Waals surface area contributed by atoms with Gasteiger partial charge in [0.2, 0.25) is 15.9 Å². The van der Waals surface area contributed by atoms with Gasteiger partial charge < -0.3 is 9.64 Å². The van der Waals surface area contributed by atoms with Crippen molar-refractivity contribution >= 4 is 15.9 Å². The number of nitrogens with zero attached hydrogens (tertiary/aromatic N) is 2. The fourth-order valence-corrected chi connectivity index (χ4v) is 4.43. The van der Waals surface area contributed by atoms with Crippen molar-refractivity contribution in [3.63, 3.8) is 0 Å². The van der Waals surface area contributed by atoms with Crippen LogP contribution in [0.4, 0.5) is 0 Å². The quantitative estimate of drug-likeness (QED) is 0.800. The molecule has 1 fully saturated rings. The number of hydrogen-bond donors (Lipinski definition) is 0. The molecule has 3 rings (SSSR count). The Balaban J connectivity index is 1.63. The minimum atomic E-state index is -3.59. The smallest absolute Gasteiger partial charge is 0.243 e. The summed E-state index contributed by atoms with van der Waals surface area (Å²) in [4.78, 5) is 14.4. The third kappa shape index (κ3) is 4.05. The fraction of sp³-hybridized carbons (Fsp3) is 0.316. The Labute approximate surface area is 154 Å². The first-order valence-corrected chi connectivity index (χ1v) is 9.90. The molecule has 2 aromatic carbocycles. The van der Waals surface area contributed by atoms with E-state index in [-0.39, 0.29) is 10.8 Å². The van der Waals surface area contributed by atoms with Crippen molar-refractivity contribution in [1.29, 1.82) is 0 Å². The predicted octanol–water partition coefficient (Wildman–Crippen LogP) is 1.77. The molecule has 0 aromatic heterocycles. The fourth-order valence-electron chi connectivity index (χ4n) is 2.97. The Hall–Kier alpha value is -2.38. The van der Waals surface area contributed by atoms with Gasteiger partial charge in [-0.1, -0.05) is 36.4 Å². The monoisotopic (exact) mass is 374 g/mol. The van der Waals surface area contributed by atoms with Gasteiger partial charge in [0.1, 0.15) is 5.75 Å². The number of amides is 1. The number of carbonyl (C=O) groups excluding carboxylic acids is 1. The second-order valence-corrected chi connectivity index (χ2v) is 8.06. The standard InChI is InChI=1S/C19H22N2O4S/c1-25-17-8-5-9-18(15-17)26(23,24)21-12-10-20(11-13-21)19(22)14-16-6-3-2-4-7-16/h2-9,15H,10-14H2,1H3. The molecule has 0 aliphatic carbocycles. The van der Waals surface area contributed by atoms with Crippen LogP contribution in [0.3, 0.4) is 0 Å². The maximum Gasteiger partial charge on any atom is 0.243 e. The zero-order valence-corrected chi connectivity index (χ0v) is 15.5. The van der Waals surface area contributed by atoms with E-state index < -0.39 is 10.0 Å². The van der Waals surface area contributed by atoms with E-state index in [2.05, 4.69) is 0 Å². The topological polar surface area (TPSA) is 66.9 Å². The Morgan fingerprint density at radius 2 is 1.69 bits per heavy atom. The van der Waals surface area contributed by atoms with E-state index in [0.29, 0.717) is 38.3 Å². The van der Waals surface area contributed by atoms with Crippen LogP contribution in [0.1, 0.15) is 5.56 Å². The van der Waals surface area contributed by atoms with E-state index >= 15 is 0 Å². The lowest BCUT2D eigenvalue weighted by molar-refractivity contribution is -0.131. The molecule has 7 heteroatoms. The molecule has 1 aliphatic heterocycles. The van der Waals surface area contributed by atoms with Gasteiger partial charge in [-0.15, -0.1) is 0 Å². The Bertz CT molecular complexity index is 860. The third-order valence-electron chi connectivity index (χ3n) is 4.47. The van der Waals surface area contributed by atoms with Gasteiger partial charge in [-0.25, -0.2) is 8.42 Å². The minimum Gasteiger partial charge on any atom is -0.497 e. The average molecular weight is 374 g/mol. The first-order chi connectivity index (χ1) is 12.5. The van der Waals surface area contributed by atoms with Crippen molar-refractivity contribution in [1.82, 2.24) is 9.21 Å². The van der Waals surface area contributed by atoms with Crippen LogP contribution in [0, 0.1) is 0 Å². The minimum absolute atomic E-state index is 0.0228. The molecular formula is C19H22N2O4S. The molecule has 138 valence electrons. The first-order valence-electron chi connectivity index (χ1n) is 8.46. The van der Waals surface area contributed by atoms with Gasteiger partial charge in [0.05, 0.1) is 18.4 Å². The van der Waals surface area contributed by atoms with Crippen molar-refractivity contribution in [2.75, 3.05) is 33.3 Å². The summed E-state index contributed by atoms with van der Waals surface area (Å²) in [6.45, 7) is 1.38. The number of benzene rings is 2. The summed E-state index contributed by atoms with van der Waals surface area (Å²) < 4.78 is 32.1. The van der Waals surface area contributed by atoms with Crippen LogP contribution in [0.25, 0.3) is 0 Å². The largest absolute Gasteiger partial charge is 0.497 e. The lowest BCUT2D eigenvalue weighted by atomic mass is 10.1. The second-order valence-electron chi connectivity index (χ2n) is 6.13. The molecule has 1 heterocycles. The number of methoxy groups -OCH3 is 1. The molecule has 0 bridgehead atoms. The average Bonchev–Trinajstić information content (AvgIpc) is 2.69. The summed E-state index contributed by atoms with van der Waals surface area (Å²) in [6, 6.07) is 16.0. The van der Waals surface area contributed by atoms with Crippen LogP contribution in [-0.4, -0.2) is 56.8 Å². The van der Waals surface area contributed by atoms with E-state index in [4.69, 9.17) is 4.74 Å². The molecule has 0 unspecified atom stereocenters. The summed E-state index contributed by atoms with van der Waals surface area (Å²) in [6.07, 6.45) is 0.337. The highest BCUT2D eigenvalue weighted by Gasteiger charge is 2.30. The van der Waals surface area contributed by atoms with Gasteiger partial charge in [0.25, 0.3) is 0 Å². The number of hydrogen-bond acceptors (Lipinski definition) is 4. The first kappa shape index (κ1) is 18.4. The lowest BCUT2D eigenvalue weighted by Crippen LogP contribution is -2.50. The van der Waals surface area contributed by atoms with E-state index in [1.165, 1.54) is 17.5 Å². The van der Waals surface area contributed by atoms with E-state index in [9.17, 15) is 13.2 Å². The second kappa shape index (κ2) is 7.88. The number of sulfonamides is 1. The summed E-state index contributed by atoms with van der Waals surface area (Å²) in [5.41, 5.74) is 0.962. The maximum absolute atomic E-state index is 12.8. The maximum atomic E-state index is 12.8. The van der Waals surface area contributed by atoms with E-state index in [1.807, 2.05) is 30.3 Å². The van der Waals surface area contributed by atoms with Crippen molar-refractivity contribution < 1.29 is 17.9 Å². The molecular weight excluding hydrogens is 352 g/mol. The molecule has 0 radical (unpaired) electrons. The van der Waals surface area contributed by atoms with Crippen LogP contribution >= 0.6 is 0 Å². The van der Waals surface area contributed by atoms with E-state index in [0.717, 1.165) is 5.56 Å². The lowest BCUT2D eigenvalue weighted by Gasteiger charge is -2.34. The van der Waals surface area contributed by atoms with Gasteiger partial charge in [-0.05, 0) is 17.7 Å². The van der Waals surface area contributed by atoms with Crippen LogP contribution in [0.15, 0.2) is 59.5 Å². The highest BCUT2D eigenvalue weighted by molar-refractivity contribution is 7.89. The summed E-state index contributed by atoms with van der Waals surface area (Å²) in [7, 11) is -2.08. The molecule has 0 saturated carbocycles. The zero-order chi connectivity index (χ0) is 18.6. The molecule has 6 nitrogen and oxygen atoms in total. The summed E-state index contributed by atoms with van der Waals surface area (Å²) in [5, 5.41) is 0. The Morgan fingerprint density at radius 3 is 2.35 bits per heavy atom.